The Morgan fingerprint density at radius 2 is 1.31 bits per heavy atom. The number of aliphatic carboxylic acids is 1. The van der Waals surface area contributed by atoms with Crippen LogP contribution in [-0.2, 0) is 10.3 Å². The molecule has 4 aromatic rings. The standard InChI is InChI=1S/C35H34FN3O3/c1-2-37-24-29(34(41)42)33(40)28-22-30(36)32(23-31(28)37)38-18-20-39(21-19-38)35(25-12-6-3-7-13-25,26-14-8-4-9-15-26)27-16-10-5-11-17-27/h3-17,22-23,29H,2,18-21,24H2,1H3,(H,41,42). The molecule has 0 radical (unpaired) electrons. The predicted molar refractivity (Wildman–Crippen MR) is 163 cm³/mol. The number of carboxylic acid groups (broad SMARTS) is 1. The van der Waals surface area contributed by atoms with Gasteiger partial charge in [0.05, 0.1) is 11.2 Å². The molecule has 0 aliphatic carbocycles. The average Bonchev–Trinajstić information content (AvgIpc) is 3.03. The molecule has 0 spiro atoms. The van der Waals surface area contributed by atoms with E-state index in [1.807, 2.05) is 34.9 Å². The molecular weight excluding hydrogens is 529 g/mol. The lowest BCUT2D eigenvalue weighted by atomic mass is 9.75. The summed E-state index contributed by atoms with van der Waals surface area (Å²) in [6.45, 7) is 5.04. The van der Waals surface area contributed by atoms with Gasteiger partial charge in [0, 0.05) is 50.5 Å². The topological polar surface area (TPSA) is 64.1 Å². The molecule has 6 rings (SSSR count). The number of benzene rings is 4. The Hall–Kier alpha value is -4.49. The lowest BCUT2D eigenvalue weighted by molar-refractivity contribution is -0.139. The van der Waals surface area contributed by atoms with Crippen LogP contribution in [-0.4, -0.2) is 61.0 Å². The number of piperazine rings is 1. The Labute approximate surface area is 245 Å². The highest BCUT2D eigenvalue weighted by Crippen LogP contribution is 2.43. The minimum Gasteiger partial charge on any atom is -0.481 e. The van der Waals surface area contributed by atoms with E-state index in [1.54, 1.807) is 6.07 Å². The average molecular weight is 564 g/mol. The quantitative estimate of drug-likeness (QED) is 0.231. The van der Waals surface area contributed by atoms with Crippen molar-refractivity contribution in [3.8, 4) is 0 Å². The lowest BCUT2D eigenvalue weighted by Gasteiger charge is -2.49. The summed E-state index contributed by atoms with van der Waals surface area (Å²) < 4.78 is 15.6. The van der Waals surface area contributed by atoms with Crippen LogP contribution in [0.5, 0.6) is 0 Å². The molecule has 2 aliphatic rings. The first-order valence-corrected chi connectivity index (χ1v) is 14.5. The van der Waals surface area contributed by atoms with Gasteiger partial charge >= 0.3 is 5.97 Å². The molecule has 0 amide bonds. The number of rotatable bonds is 7. The van der Waals surface area contributed by atoms with Crippen molar-refractivity contribution < 1.29 is 19.1 Å². The maximum absolute atomic E-state index is 15.6. The van der Waals surface area contributed by atoms with E-state index in [2.05, 4.69) is 77.7 Å². The maximum Gasteiger partial charge on any atom is 0.316 e. The van der Waals surface area contributed by atoms with Crippen LogP contribution < -0.4 is 9.80 Å². The second-order valence-electron chi connectivity index (χ2n) is 10.9. The number of ketones is 1. The smallest absolute Gasteiger partial charge is 0.316 e. The summed E-state index contributed by atoms with van der Waals surface area (Å²) in [5.74, 6) is -3.40. The molecule has 1 fully saturated rings. The number of halogens is 1. The minimum atomic E-state index is -1.19. The van der Waals surface area contributed by atoms with Gasteiger partial charge in [0.25, 0.3) is 0 Å². The Morgan fingerprint density at radius 1 is 0.810 bits per heavy atom. The third-order valence-corrected chi connectivity index (χ3v) is 8.74. The van der Waals surface area contributed by atoms with Gasteiger partial charge in [0.2, 0.25) is 0 Å². The van der Waals surface area contributed by atoms with Gasteiger partial charge in [-0.15, -0.1) is 0 Å². The van der Waals surface area contributed by atoms with Gasteiger partial charge in [0.1, 0.15) is 11.7 Å². The zero-order valence-corrected chi connectivity index (χ0v) is 23.6. The number of carboxylic acids is 1. The molecule has 1 saturated heterocycles. The van der Waals surface area contributed by atoms with Gasteiger partial charge < -0.3 is 14.9 Å². The molecule has 4 aromatic carbocycles. The first kappa shape index (κ1) is 27.7. The predicted octanol–water partition coefficient (Wildman–Crippen LogP) is 5.66. The van der Waals surface area contributed by atoms with Crippen molar-refractivity contribution in [2.75, 3.05) is 49.1 Å². The minimum absolute atomic E-state index is 0.0876. The summed E-state index contributed by atoms with van der Waals surface area (Å²) >= 11 is 0. The third-order valence-electron chi connectivity index (χ3n) is 8.74. The van der Waals surface area contributed by atoms with Gasteiger partial charge in [-0.2, -0.15) is 0 Å². The lowest BCUT2D eigenvalue weighted by Crippen LogP contribution is -2.56. The van der Waals surface area contributed by atoms with Gasteiger partial charge in [0.15, 0.2) is 5.78 Å². The van der Waals surface area contributed by atoms with Crippen LogP contribution in [0.25, 0.3) is 0 Å². The van der Waals surface area contributed by atoms with Crippen LogP contribution >= 0.6 is 0 Å². The van der Waals surface area contributed by atoms with Crippen LogP contribution in [0.2, 0.25) is 0 Å². The molecule has 1 unspecified atom stereocenters. The van der Waals surface area contributed by atoms with Crippen molar-refractivity contribution >= 4 is 23.1 Å². The molecule has 1 N–H and O–H groups in total. The largest absolute Gasteiger partial charge is 0.481 e. The number of anilines is 2. The zero-order chi connectivity index (χ0) is 29.3. The second-order valence-corrected chi connectivity index (χ2v) is 10.9. The van der Waals surface area contributed by atoms with E-state index in [0.717, 1.165) is 0 Å². The summed E-state index contributed by atoms with van der Waals surface area (Å²) in [6.07, 6.45) is 0. The molecule has 1 atom stereocenters. The SMILES string of the molecule is CCN1CC(C(=O)O)C(=O)c2cc(F)c(N3CCN(C(c4ccccc4)(c4ccccc4)c4ccccc4)CC3)cc21. The van der Waals surface area contributed by atoms with E-state index in [4.69, 9.17) is 0 Å². The molecule has 0 saturated carbocycles. The molecule has 214 valence electrons. The van der Waals surface area contributed by atoms with E-state index >= 15 is 4.39 Å². The van der Waals surface area contributed by atoms with E-state index in [9.17, 15) is 14.7 Å². The highest BCUT2D eigenvalue weighted by Gasteiger charge is 2.44. The number of nitrogens with zero attached hydrogens (tertiary/aromatic N) is 3. The third kappa shape index (κ3) is 4.64. The van der Waals surface area contributed by atoms with Crippen molar-refractivity contribution in [2.24, 2.45) is 5.92 Å². The highest BCUT2D eigenvalue weighted by molar-refractivity contribution is 6.13. The number of fused-ring (bicyclic) bond motifs is 1. The Morgan fingerprint density at radius 3 is 1.76 bits per heavy atom. The normalized spacial score (nSPS) is 17.7. The van der Waals surface area contributed by atoms with Crippen molar-refractivity contribution in [3.63, 3.8) is 0 Å². The number of hydrogen-bond acceptors (Lipinski definition) is 5. The highest BCUT2D eigenvalue weighted by atomic mass is 19.1. The van der Waals surface area contributed by atoms with Crippen molar-refractivity contribution in [1.82, 2.24) is 4.90 Å². The number of Topliss-reactive ketones (excluding diaryl/α,β-unsaturated/α-hetero) is 1. The molecule has 2 heterocycles. The van der Waals surface area contributed by atoms with E-state index in [-0.39, 0.29) is 12.1 Å². The summed E-state index contributed by atoms with van der Waals surface area (Å²) in [5.41, 5.74) is 4.15. The molecule has 0 aromatic heterocycles. The Bertz CT molecular complexity index is 1470. The van der Waals surface area contributed by atoms with E-state index in [1.165, 1.54) is 22.8 Å². The fourth-order valence-electron chi connectivity index (χ4n) is 6.70. The van der Waals surface area contributed by atoms with Gasteiger partial charge in [-0.3, -0.25) is 14.5 Å². The Kier molecular flexibility index (Phi) is 7.52. The molecular formula is C35H34FN3O3. The Balaban J connectivity index is 1.37. The fraction of sp³-hybridized carbons (Fsp3) is 0.257. The first-order valence-electron chi connectivity index (χ1n) is 14.5. The molecule has 42 heavy (non-hydrogen) atoms. The zero-order valence-electron chi connectivity index (χ0n) is 23.6. The maximum atomic E-state index is 15.6. The molecule has 2 aliphatic heterocycles. The van der Waals surface area contributed by atoms with Crippen molar-refractivity contribution in [1.29, 1.82) is 0 Å². The van der Waals surface area contributed by atoms with Gasteiger partial charge in [-0.1, -0.05) is 91.0 Å². The van der Waals surface area contributed by atoms with Crippen LogP contribution in [0, 0.1) is 11.7 Å². The van der Waals surface area contributed by atoms with E-state index in [0.29, 0.717) is 44.1 Å². The van der Waals surface area contributed by atoms with E-state index < -0.39 is 29.0 Å². The summed E-state index contributed by atoms with van der Waals surface area (Å²) in [7, 11) is 0. The molecule has 6 nitrogen and oxygen atoms in total. The monoisotopic (exact) mass is 563 g/mol. The fourth-order valence-corrected chi connectivity index (χ4v) is 6.70. The van der Waals surface area contributed by atoms with Crippen LogP contribution in [0.15, 0.2) is 103 Å². The van der Waals surface area contributed by atoms with Crippen LogP contribution in [0.3, 0.4) is 0 Å². The summed E-state index contributed by atoms with van der Waals surface area (Å²) in [4.78, 5) is 31.0. The summed E-state index contributed by atoms with van der Waals surface area (Å²) in [5, 5.41) is 9.56. The first-order chi connectivity index (χ1) is 20.4. The number of hydrogen-bond donors (Lipinski definition) is 1. The number of carbonyl (C=O) groups is 2. The molecule has 7 heteroatoms. The number of carbonyl (C=O) groups excluding carboxylic acids is 1. The summed E-state index contributed by atoms with van der Waals surface area (Å²) in [6, 6.07) is 34.6. The van der Waals surface area contributed by atoms with Crippen molar-refractivity contribution in [2.45, 2.75) is 12.5 Å². The molecule has 0 bridgehead atoms. The second kappa shape index (κ2) is 11.4. The van der Waals surface area contributed by atoms with Crippen LogP contribution in [0.4, 0.5) is 15.8 Å². The van der Waals surface area contributed by atoms with Gasteiger partial charge in [-0.25, -0.2) is 4.39 Å². The van der Waals surface area contributed by atoms with Crippen molar-refractivity contribution in [3.05, 3.63) is 131 Å². The van der Waals surface area contributed by atoms with Crippen LogP contribution in [0.1, 0.15) is 34.0 Å². The van der Waals surface area contributed by atoms with Gasteiger partial charge in [-0.05, 0) is 35.7 Å².